The minimum Gasteiger partial charge on any atom is -0.378 e. The van der Waals surface area contributed by atoms with Crippen molar-refractivity contribution in [3.8, 4) is 0 Å². The zero-order chi connectivity index (χ0) is 12.7. The molecule has 0 bridgehead atoms. The van der Waals surface area contributed by atoms with E-state index in [1.165, 1.54) is 44.9 Å². The number of hydrogen-bond acceptors (Lipinski definition) is 3. The van der Waals surface area contributed by atoms with E-state index in [0.717, 1.165) is 32.7 Å². The predicted octanol–water partition coefficient (Wildman–Crippen LogP) is 2.46. The van der Waals surface area contributed by atoms with E-state index in [-0.39, 0.29) is 0 Å². The highest BCUT2D eigenvalue weighted by atomic mass is 16.5. The molecule has 3 heteroatoms. The third-order valence-corrected chi connectivity index (χ3v) is 4.47. The summed E-state index contributed by atoms with van der Waals surface area (Å²) in [6, 6.07) is 0. The van der Waals surface area contributed by atoms with Gasteiger partial charge in [-0.25, -0.2) is 0 Å². The van der Waals surface area contributed by atoms with Gasteiger partial charge in [-0.15, -0.1) is 0 Å². The average molecular weight is 254 g/mol. The van der Waals surface area contributed by atoms with Crippen LogP contribution in [-0.4, -0.2) is 37.9 Å². The lowest BCUT2D eigenvalue weighted by atomic mass is 9.83. The Kier molecular flexibility index (Phi) is 5.93. The van der Waals surface area contributed by atoms with Crippen LogP contribution in [0.5, 0.6) is 0 Å². The Morgan fingerprint density at radius 2 is 1.89 bits per heavy atom. The van der Waals surface area contributed by atoms with Gasteiger partial charge in [0.1, 0.15) is 0 Å². The van der Waals surface area contributed by atoms with Crippen LogP contribution in [0.1, 0.15) is 58.3 Å². The minimum atomic E-state index is 0.410. The molecule has 0 radical (unpaired) electrons. The van der Waals surface area contributed by atoms with Gasteiger partial charge in [0, 0.05) is 12.1 Å². The van der Waals surface area contributed by atoms with Crippen LogP contribution in [0.15, 0.2) is 0 Å². The van der Waals surface area contributed by atoms with Gasteiger partial charge >= 0.3 is 0 Å². The molecular weight excluding hydrogens is 224 g/mol. The summed E-state index contributed by atoms with van der Waals surface area (Å²) in [6.07, 6.45) is 11.0. The normalized spacial score (nSPS) is 25.2. The molecule has 0 amide bonds. The molecular formula is C15H30N2O. The number of nitrogens with one attached hydrogen (secondary N) is 2. The first-order chi connectivity index (χ1) is 8.79. The SMILES string of the molecule is CC1(NCCCOC2CCNCC2)CCCCC1. The molecule has 0 aromatic heterocycles. The van der Waals surface area contributed by atoms with E-state index in [4.69, 9.17) is 4.74 Å². The van der Waals surface area contributed by atoms with Crippen molar-refractivity contribution in [2.45, 2.75) is 69.9 Å². The molecule has 18 heavy (non-hydrogen) atoms. The largest absolute Gasteiger partial charge is 0.378 e. The molecule has 2 N–H and O–H groups in total. The van der Waals surface area contributed by atoms with E-state index >= 15 is 0 Å². The highest BCUT2D eigenvalue weighted by Gasteiger charge is 2.25. The maximum atomic E-state index is 5.93. The first kappa shape index (κ1) is 14.3. The summed E-state index contributed by atoms with van der Waals surface area (Å²) in [5, 5.41) is 7.12. The molecule has 0 aromatic carbocycles. The molecule has 106 valence electrons. The van der Waals surface area contributed by atoms with Gasteiger partial charge in [0.2, 0.25) is 0 Å². The summed E-state index contributed by atoms with van der Waals surface area (Å²) in [7, 11) is 0. The van der Waals surface area contributed by atoms with Crippen molar-refractivity contribution in [3.63, 3.8) is 0 Å². The molecule has 1 aliphatic carbocycles. The van der Waals surface area contributed by atoms with Crippen molar-refractivity contribution >= 4 is 0 Å². The Labute approximate surface area is 112 Å². The van der Waals surface area contributed by atoms with Gasteiger partial charge in [-0.05, 0) is 58.7 Å². The van der Waals surface area contributed by atoms with Crippen LogP contribution in [0.2, 0.25) is 0 Å². The quantitative estimate of drug-likeness (QED) is 0.714. The molecule has 0 atom stereocenters. The number of ether oxygens (including phenoxy) is 1. The fraction of sp³-hybridized carbons (Fsp3) is 1.00. The van der Waals surface area contributed by atoms with Crippen molar-refractivity contribution in [3.05, 3.63) is 0 Å². The second kappa shape index (κ2) is 7.46. The van der Waals surface area contributed by atoms with Gasteiger partial charge in [-0.1, -0.05) is 19.3 Å². The molecule has 2 rings (SSSR count). The van der Waals surface area contributed by atoms with E-state index < -0.39 is 0 Å². The standard InChI is InChI=1S/C15H30N2O/c1-15(8-3-2-4-9-15)17-10-5-13-18-14-6-11-16-12-7-14/h14,16-17H,2-13H2,1H3. The van der Waals surface area contributed by atoms with Crippen LogP contribution in [0.3, 0.4) is 0 Å². The summed E-state index contributed by atoms with van der Waals surface area (Å²) in [5.41, 5.74) is 0.410. The van der Waals surface area contributed by atoms with E-state index in [1.807, 2.05) is 0 Å². The highest BCUT2D eigenvalue weighted by molar-refractivity contribution is 4.85. The average Bonchev–Trinajstić information content (AvgIpc) is 2.40. The van der Waals surface area contributed by atoms with Crippen LogP contribution in [0.4, 0.5) is 0 Å². The molecule has 0 unspecified atom stereocenters. The van der Waals surface area contributed by atoms with Crippen molar-refractivity contribution < 1.29 is 4.74 Å². The Bertz CT molecular complexity index is 221. The third-order valence-electron chi connectivity index (χ3n) is 4.47. The van der Waals surface area contributed by atoms with E-state index in [0.29, 0.717) is 11.6 Å². The molecule has 1 saturated carbocycles. The third kappa shape index (κ3) is 4.87. The first-order valence-electron chi connectivity index (χ1n) is 7.86. The fourth-order valence-electron chi connectivity index (χ4n) is 3.18. The summed E-state index contributed by atoms with van der Waals surface area (Å²) in [6.45, 7) is 6.68. The summed E-state index contributed by atoms with van der Waals surface area (Å²) in [5.74, 6) is 0. The van der Waals surface area contributed by atoms with Gasteiger partial charge in [-0.3, -0.25) is 0 Å². The topological polar surface area (TPSA) is 33.3 Å². The molecule has 0 aromatic rings. The molecule has 1 saturated heterocycles. The Morgan fingerprint density at radius 3 is 2.61 bits per heavy atom. The van der Waals surface area contributed by atoms with E-state index in [9.17, 15) is 0 Å². The van der Waals surface area contributed by atoms with Crippen LogP contribution in [-0.2, 0) is 4.74 Å². The van der Waals surface area contributed by atoms with Crippen LogP contribution >= 0.6 is 0 Å². The maximum absolute atomic E-state index is 5.93. The van der Waals surface area contributed by atoms with Crippen molar-refractivity contribution in [1.82, 2.24) is 10.6 Å². The summed E-state index contributed by atoms with van der Waals surface area (Å²) >= 11 is 0. The second-order valence-corrected chi connectivity index (χ2v) is 6.22. The van der Waals surface area contributed by atoms with Gasteiger partial charge in [0.05, 0.1) is 6.10 Å². The monoisotopic (exact) mass is 254 g/mol. The van der Waals surface area contributed by atoms with Crippen molar-refractivity contribution in [1.29, 1.82) is 0 Å². The highest BCUT2D eigenvalue weighted by Crippen LogP contribution is 2.27. The predicted molar refractivity (Wildman–Crippen MR) is 76.0 cm³/mol. The van der Waals surface area contributed by atoms with Gasteiger partial charge in [0.25, 0.3) is 0 Å². The summed E-state index contributed by atoms with van der Waals surface area (Å²) < 4.78 is 5.93. The smallest absolute Gasteiger partial charge is 0.0599 e. The zero-order valence-electron chi connectivity index (χ0n) is 12.0. The van der Waals surface area contributed by atoms with E-state index in [2.05, 4.69) is 17.6 Å². The zero-order valence-corrected chi connectivity index (χ0v) is 12.0. The maximum Gasteiger partial charge on any atom is 0.0599 e. The minimum absolute atomic E-state index is 0.410. The van der Waals surface area contributed by atoms with Gasteiger partial charge in [-0.2, -0.15) is 0 Å². The molecule has 1 aliphatic heterocycles. The van der Waals surface area contributed by atoms with Crippen LogP contribution in [0.25, 0.3) is 0 Å². The Hall–Kier alpha value is -0.120. The summed E-state index contributed by atoms with van der Waals surface area (Å²) in [4.78, 5) is 0. The number of rotatable bonds is 6. The van der Waals surface area contributed by atoms with Crippen LogP contribution in [0, 0.1) is 0 Å². The first-order valence-corrected chi connectivity index (χ1v) is 7.86. The molecule has 2 aliphatic rings. The van der Waals surface area contributed by atoms with Crippen molar-refractivity contribution in [2.24, 2.45) is 0 Å². The lowest BCUT2D eigenvalue weighted by Gasteiger charge is -2.35. The lowest BCUT2D eigenvalue weighted by molar-refractivity contribution is 0.0308. The lowest BCUT2D eigenvalue weighted by Crippen LogP contribution is -2.44. The molecule has 1 heterocycles. The number of hydrogen-bond donors (Lipinski definition) is 2. The Morgan fingerprint density at radius 1 is 1.17 bits per heavy atom. The fourth-order valence-corrected chi connectivity index (χ4v) is 3.18. The van der Waals surface area contributed by atoms with Crippen molar-refractivity contribution in [2.75, 3.05) is 26.2 Å². The molecule has 3 nitrogen and oxygen atoms in total. The second-order valence-electron chi connectivity index (χ2n) is 6.22. The Balaban J connectivity index is 1.50. The number of piperidine rings is 1. The van der Waals surface area contributed by atoms with E-state index in [1.54, 1.807) is 0 Å². The van der Waals surface area contributed by atoms with Crippen LogP contribution < -0.4 is 10.6 Å². The van der Waals surface area contributed by atoms with Gasteiger partial charge in [0.15, 0.2) is 0 Å². The van der Waals surface area contributed by atoms with Gasteiger partial charge < -0.3 is 15.4 Å². The molecule has 2 fully saturated rings. The molecule has 0 spiro atoms.